The maximum Gasteiger partial charge on any atom is 0.339 e. The van der Waals surface area contributed by atoms with Gasteiger partial charge in [0.05, 0.1) is 12.7 Å². The second-order valence-corrected chi connectivity index (χ2v) is 5.46. The van der Waals surface area contributed by atoms with E-state index < -0.39 is 37.5 Å². The lowest BCUT2D eigenvalue weighted by Gasteiger charge is -2.09. The van der Waals surface area contributed by atoms with Gasteiger partial charge in [-0.2, -0.15) is 0 Å². The fraction of sp³-hybridized carbons (Fsp3) is 0.222. The van der Waals surface area contributed by atoms with Crippen LogP contribution in [0.1, 0.15) is 22.3 Å². The summed E-state index contributed by atoms with van der Waals surface area (Å²) in [5, 5.41) is 0. The fourth-order valence-corrected chi connectivity index (χ4v) is 2.64. The van der Waals surface area contributed by atoms with Crippen LogP contribution in [-0.2, 0) is 13.8 Å². The van der Waals surface area contributed by atoms with Crippen molar-refractivity contribution in [3.05, 3.63) is 29.3 Å². The lowest BCUT2D eigenvalue weighted by atomic mass is 10.1. The minimum atomic E-state index is -4.47. The van der Waals surface area contributed by atoms with E-state index in [0.29, 0.717) is 0 Å². The predicted octanol–water partition coefficient (Wildman–Crippen LogP) is 2.34. The Kier molecular flexibility index (Phi) is 4.05. The van der Waals surface area contributed by atoms with Crippen molar-refractivity contribution in [3.8, 4) is 0 Å². The summed E-state index contributed by atoms with van der Waals surface area (Å²) in [5.41, 5.74) is -1.34. The highest BCUT2D eigenvalue weighted by atomic mass is 35.7. The molecule has 0 unspecified atom stereocenters. The van der Waals surface area contributed by atoms with E-state index in [0.717, 1.165) is 25.3 Å². The zero-order valence-corrected chi connectivity index (χ0v) is 10.1. The number of methoxy groups -OCH3 is 1. The van der Waals surface area contributed by atoms with Gasteiger partial charge < -0.3 is 4.74 Å². The molecule has 0 aliphatic heterocycles. The van der Waals surface area contributed by atoms with Crippen molar-refractivity contribution in [1.82, 2.24) is 0 Å². The van der Waals surface area contributed by atoms with E-state index in [1.54, 1.807) is 0 Å². The highest BCUT2D eigenvalue weighted by Crippen LogP contribution is 2.31. The lowest BCUT2D eigenvalue weighted by Crippen LogP contribution is -2.10. The minimum Gasteiger partial charge on any atom is -0.465 e. The molecule has 0 bridgehead atoms. The Balaban J connectivity index is 3.63. The molecule has 0 N–H and O–H groups in total. The van der Waals surface area contributed by atoms with Crippen molar-refractivity contribution >= 4 is 25.7 Å². The van der Waals surface area contributed by atoms with Crippen molar-refractivity contribution in [2.75, 3.05) is 7.11 Å². The lowest BCUT2D eigenvalue weighted by molar-refractivity contribution is 0.0595. The van der Waals surface area contributed by atoms with Crippen LogP contribution >= 0.6 is 10.7 Å². The molecule has 4 nitrogen and oxygen atoms in total. The van der Waals surface area contributed by atoms with Gasteiger partial charge in [0, 0.05) is 16.2 Å². The molecule has 0 spiro atoms. The molecule has 0 amide bonds. The van der Waals surface area contributed by atoms with Crippen molar-refractivity contribution in [2.45, 2.75) is 11.3 Å². The Morgan fingerprint density at radius 1 is 1.41 bits per heavy atom. The van der Waals surface area contributed by atoms with Gasteiger partial charge in [-0.1, -0.05) is 12.1 Å². The first-order chi connectivity index (χ1) is 7.79. The standard InChI is InChI=1S/C9H7ClF2O4S/c1-16-9(13)6-4-2-3-5(8(11)12)7(6)17(10,14)15/h2-4,8H,1H3. The first kappa shape index (κ1) is 13.9. The summed E-state index contributed by atoms with van der Waals surface area (Å²) in [6, 6.07) is 3.05. The van der Waals surface area contributed by atoms with Crippen LogP contribution in [0.4, 0.5) is 8.78 Å². The summed E-state index contributed by atoms with van der Waals surface area (Å²) in [7, 11) is 1.57. The monoisotopic (exact) mass is 284 g/mol. The van der Waals surface area contributed by atoms with Crippen molar-refractivity contribution in [1.29, 1.82) is 0 Å². The second-order valence-electron chi connectivity index (χ2n) is 2.95. The Labute approximate surface area is 101 Å². The molecule has 0 saturated carbocycles. The molecule has 0 radical (unpaired) electrons. The summed E-state index contributed by atoms with van der Waals surface area (Å²) < 4.78 is 52.0. The molecular formula is C9H7ClF2O4S. The van der Waals surface area contributed by atoms with Gasteiger partial charge in [-0.15, -0.1) is 0 Å². The van der Waals surface area contributed by atoms with Gasteiger partial charge in [0.15, 0.2) is 0 Å². The Hall–Kier alpha value is -1.21. The Morgan fingerprint density at radius 3 is 2.41 bits per heavy atom. The van der Waals surface area contributed by atoms with Crippen LogP contribution in [0, 0.1) is 0 Å². The van der Waals surface area contributed by atoms with E-state index >= 15 is 0 Å². The van der Waals surface area contributed by atoms with Crippen LogP contribution in [0.2, 0.25) is 0 Å². The number of hydrogen-bond acceptors (Lipinski definition) is 4. The van der Waals surface area contributed by atoms with Crippen LogP contribution in [0.25, 0.3) is 0 Å². The van der Waals surface area contributed by atoms with Crippen molar-refractivity contribution in [2.24, 2.45) is 0 Å². The van der Waals surface area contributed by atoms with E-state index in [1.807, 2.05) is 0 Å². The van der Waals surface area contributed by atoms with Gasteiger partial charge in [-0.25, -0.2) is 22.0 Å². The highest BCUT2D eigenvalue weighted by Gasteiger charge is 2.28. The van der Waals surface area contributed by atoms with E-state index in [9.17, 15) is 22.0 Å². The summed E-state index contributed by atoms with van der Waals surface area (Å²) in [4.78, 5) is 10.4. The number of carbonyl (C=O) groups is 1. The van der Waals surface area contributed by atoms with Gasteiger partial charge in [-0.05, 0) is 6.07 Å². The molecule has 1 rings (SSSR count). The van der Waals surface area contributed by atoms with Gasteiger partial charge in [0.1, 0.15) is 4.90 Å². The smallest absolute Gasteiger partial charge is 0.339 e. The average molecular weight is 285 g/mol. The summed E-state index contributed by atoms with van der Waals surface area (Å²) >= 11 is 0. The molecule has 0 heterocycles. The summed E-state index contributed by atoms with van der Waals surface area (Å²) in [5.74, 6) is -1.05. The third kappa shape index (κ3) is 2.92. The number of esters is 1. The third-order valence-corrected chi connectivity index (χ3v) is 3.34. The molecule has 8 heteroatoms. The van der Waals surface area contributed by atoms with Crippen LogP contribution < -0.4 is 0 Å². The Bertz CT molecular complexity index is 542. The van der Waals surface area contributed by atoms with Gasteiger partial charge in [0.25, 0.3) is 15.5 Å². The minimum absolute atomic E-state index is 0.514. The normalized spacial score (nSPS) is 11.6. The first-order valence-corrected chi connectivity index (χ1v) is 6.54. The number of alkyl halides is 2. The molecular weight excluding hydrogens is 278 g/mol. The van der Waals surface area contributed by atoms with Crippen LogP contribution in [0.3, 0.4) is 0 Å². The molecule has 1 aromatic rings. The van der Waals surface area contributed by atoms with Crippen molar-refractivity contribution < 1.29 is 26.7 Å². The maximum atomic E-state index is 12.6. The topological polar surface area (TPSA) is 60.4 Å². The number of ether oxygens (including phenoxy) is 1. The number of rotatable bonds is 3. The van der Waals surface area contributed by atoms with Crippen molar-refractivity contribution in [3.63, 3.8) is 0 Å². The van der Waals surface area contributed by atoms with Gasteiger partial charge in [-0.3, -0.25) is 0 Å². The van der Waals surface area contributed by atoms with E-state index in [2.05, 4.69) is 4.74 Å². The molecule has 0 atom stereocenters. The number of hydrogen-bond donors (Lipinski definition) is 0. The zero-order valence-electron chi connectivity index (χ0n) is 8.48. The van der Waals surface area contributed by atoms with Crippen LogP contribution in [0.5, 0.6) is 0 Å². The number of benzene rings is 1. The quantitative estimate of drug-likeness (QED) is 0.631. The molecule has 17 heavy (non-hydrogen) atoms. The molecule has 0 fully saturated rings. The number of carbonyl (C=O) groups excluding carboxylic acids is 1. The first-order valence-electron chi connectivity index (χ1n) is 4.23. The van der Waals surface area contributed by atoms with E-state index in [1.165, 1.54) is 0 Å². The summed E-state index contributed by atoms with van der Waals surface area (Å²) in [6.07, 6.45) is -3.07. The average Bonchev–Trinajstić information content (AvgIpc) is 2.25. The molecule has 1 aromatic carbocycles. The summed E-state index contributed by atoms with van der Waals surface area (Å²) in [6.45, 7) is 0. The highest BCUT2D eigenvalue weighted by molar-refractivity contribution is 8.13. The molecule has 0 aliphatic carbocycles. The zero-order chi connectivity index (χ0) is 13.2. The van der Waals surface area contributed by atoms with Crippen LogP contribution in [0.15, 0.2) is 23.1 Å². The molecule has 0 aliphatic rings. The molecule has 94 valence electrons. The van der Waals surface area contributed by atoms with E-state index in [-0.39, 0.29) is 0 Å². The SMILES string of the molecule is COC(=O)c1cccc(C(F)F)c1S(=O)(=O)Cl. The van der Waals surface area contributed by atoms with Crippen LogP contribution in [-0.4, -0.2) is 21.5 Å². The molecule has 0 aromatic heterocycles. The largest absolute Gasteiger partial charge is 0.465 e. The molecule has 0 saturated heterocycles. The predicted molar refractivity (Wildman–Crippen MR) is 55.8 cm³/mol. The van der Waals surface area contributed by atoms with E-state index in [4.69, 9.17) is 10.7 Å². The number of halogens is 3. The maximum absolute atomic E-state index is 12.6. The third-order valence-electron chi connectivity index (χ3n) is 1.93. The van der Waals surface area contributed by atoms with Gasteiger partial charge >= 0.3 is 5.97 Å². The Morgan fingerprint density at radius 2 is 2.00 bits per heavy atom. The second kappa shape index (κ2) is 4.97. The fourth-order valence-electron chi connectivity index (χ4n) is 1.27. The van der Waals surface area contributed by atoms with Gasteiger partial charge in [0.2, 0.25) is 0 Å².